The molecule has 0 aliphatic rings. The van der Waals surface area contributed by atoms with Crippen molar-refractivity contribution in [2.45, 2.75) is 13.0 Å². The van der Waals surface area contributed by atoms with Crippen molar-refractivity contribution in [3.05, 3.63) is 66.0 Å². The van der Waals surface area contributed by atoms with Crippen LogP contribution < -0.4 is 4.90 Å². The molecule has 0 radical (unpaired) electrons. The van der Waals surface area contributed by atoms with Gasteiger partial charge in [0.05, 0.1) is 6.07 Å². The summed E-state index contributed by atoms with van der Waals surface area (Å²) in [6, 6.07) is 15.7. The first-order valence-electron chi connectivity index (χ1n) is 6.17. The van der Waals surface area contributed by atoms with E-state index in [1.807, 2.05) is 6.07 Å². The van der Waals surface area contributed by atoms with Crippen LogP contribution in [0.4, 0.5) is 10.1 Å². The third-order valence-corrected chi connectivity index (χ3v) is 2.92. The number of amides is 1. The van der Waals surface area contributed by atoms with Gasteiger partial charge in [0.25, 0.3) is 5.91 Å². The Bertz CT molecular complexity index is 632. The molecule has 3 nitrogen and oxygen atoms in total. The fraction of sp³-hybridized carbons (Fsp3) is 0.125. The van der Waals surface area contributed by atoms with Crippen molar-refractivity contribution < 1.29 is 9.18 Å². The Morgan fingerprint density at radius 1 is 1.15 bits per heavy atom. The van der Waals surface area contributed by atoms with Crippen molar-refractivity contribution in [1.82, 2.24) is 0 Å². The van der Waals surface area contributed by atoms with Crippen LogP contribution in [0, 0.1) is 17.1 Å². The number of nitrogens with zero attached hydrogens (tertiary/aromatic N) is 2. The number of para-hydroxylation sites is 1. The normalized spacial score (nSPS) is 11.4. The number of carbonyl (C=O) groups excluding carboxylic acids is 1. The molecule has 1 amide bonds. The highest BCUT2D eigenvalue weighted by molar-refractivity contribution is 6.06. The van der Waals surface area contributed by atoms with Crippen molar-refractivity contribution in [2.75, 3.05) is 4.90 Å². The summed E-state index contributed by atoms with van der Waals surface area (Å²) in [6.45, 7) is 1.65. The molecule has 2 aromatic rings. The summed E-state index contributed by atoms with van der Waals surface area (Å²) in [4.78, 5) is 13.9. The zero-order chi connectivity index (χ0) is 14.5. The van der Waals surface area contributed by atoms with Crippen LogP contribution in [0.15, 0.2) is 54.6 Å². The average Bonchev–Trinajstić information content (AvgIpc) is 2.49. The number of halogens is 1. The van der Waals surface area contributed by atoms with E-state index >= 15 is 0 Å². The van der Waals surface area contributed by atoms with Crippen molar-refractivity contribution in [2.24, 2.45) is 0 Å². The van der Waals surface area contributed by atoms with Crippen molar-refractivity contribution in [1.29, 1.82) is 5.26 Å². The minimum absolute atomic E-state index is 0.328. The van der Waals surface area contributed by atoms with Gasteiger partial charge in [0.1, 0.15) is 11.9 Å². The van der Waals surface area contributed by atoms with E-state index in [1.165, 1.54) is 29.2 Å². The molecule has 0 aromatic heterocycles. The van der Waals surface area contributed by atoms with Crippen LogP contribution in [0.2, 0.25) is 0 Å². The van der Waals surface area contributed by atoms with Crippen LogP contribution in [-0.2, 0) is 0 Å². The summed E-state index contributed by atoms with van der Waals surface area (Å²) >= 11 is 0. The van der Waals surface area contributed by atoms with Gasteiger partial charge < -0.3 is 0 Å². The van der Waals surface area contributed by atoms with Crippen LogP contribution in [0.3, 0.4) is 0 Å². The smallest absolute Gasteiger partial charge is 0.259 e. The van der Waals surface area contributed by atoms with E-state index < -0.39 is 11.9 Å². The van der Waals surface area contributed by atoms with Gasteiger partial charge in [-0.15, -0.1) is 0 Å². The standard InChI is InChI=1S/C16H13FN2O/c1-12(11-18)19(15-5-3-2-4-6-15)16(20)13-7-9-14(17)10-8-13/h2-10,12H,1H3. The first-order valence-corrected chi connectivity index (χ1v) is 6.17. The lowest BCUT2D eigenvalue weighted by atomic mass is 10.1. The molecule has 2 aromatic carbocycles. The van der Waals surface area contributed by atoms with E-state index in [0.29, 0.717) is 11.3 Å². The van der Waals surface area contributed by atoms with Gasteiger partial charge in [-0.05, 0) is 43.3 Å². The van der Waals surface area contributed by atoms with E-state index in [1.54, 1.807) is 31.2 Å². The van der Waals surface area contributed by atoms with Gasteiger partial charge in [-0.1, -0.05) is 18.2 Å². The van der Waals surface area contributed by atoms with Crippen LogP contribution in [0.25, 0.3) is 0 Å². The summed E-state index contributed by atoms with van der Waals surface area (Å²) in [5.74, 6) is -0.730. The van der Waals surface area contributed by atoms with Crippen molar-refractivity contribution in [3.8, 4) is 6.07 Å². The molecule has 0 N–H and O–H groups in total. The average molecular weight is 268 g/mol. The number of nitriles is 1. The molecule has 0 spiro atoms. The predicted octanol–water partition coefficient (Wildman–Crippen LogP) is 3.38. The van der Waals surface area contributed by atoms with Gasteiger partial charge >= 0.3 is 0 Å². The first kappa shape index (κ1) is 13.8. The van der Waals surface area contributed by atoms with Gasteiger partial charge in [-0.25, -0.2) is 4.39 Å². The number of hydrogen-bond donors (Lipinski definition) is 0. The molecule has 1 atom stereocenters. The van der Waals surface area contributed by atoms with E-state index in [-0.39, 0.29) is 5.91 Å². The number of rotatable bonds is 3. The van der Waals surface area contributed by atoms with Crippen molar-refractivity contribution in [3.63, 3.8) is 0 Å². The Kier molecular flexibility index (Phi) is 4.11. The molecule has 0 saturated heterocycles. The molecule has 0 heterocycles. The predicted molar refractivity (Wildman–Crippen MR) is 74.7 cm³/mol. The molecular weight excluding hydrogens is 255 g/mol. The molecule has 0 saturated carbocycles. The molecule has 0 bridgehead atoms. The van der Waals surface area contributed by atoms with E-state index in [0.717, 1.165) is 0 Å². The Labute approximate surface area is 116 Å². The molecular formula is C16H13FN2O. The Balaban J connectivity index is 2.40. The fourth-order valence-electron chi connectivity index (χ4n) is 1.89. The Morgan fingerprint density at radius 2 is 1.75 bits per heavy atom. The topological polar surface area (TPSA) is 44.1 Å². The van der Waals surface area contributed by atoms with E-state index in [2.05, 4.69) is 6.07 Å². The third kappa shape index (κ3) is 2.83. The third-order valence-electron chi connectivity index (χ3n) is 2.92. The molecule has 1 unspecified atom stereocenters. The molecule has 2 rings (SSSR count). The number of carbonyl (C=O) groups is 1. The van der Waals surface area contributed by atoms with Gasteiger partial charge in [0, 0.05) is 11.3 Å². The second-order valence-electron chi connectivity index (χ2n) is 4.32. The highest BCUT2D eigenvalue weighted by atomic mass is 19.1. The monoisotopic (exact) mass is 268 g/mol. The van der Waals surface area contributed by atoms with Crippen LogP contribution in [0.5, 0.6) is 0 Å². The highest BCUT2D eigenvalue weighted by Gasteiger charge is 2.22. The highest BCUT2D eigenvalue weighted by Crippen LogP contribution is 2.19. The zero-order valence-electron chi connectivity index (χ0n) is 11.0. The first-order chi connectivity index (χ1) is 9.63. The molecule has 100 valence electrons. The molecule has 4 heteroatoms. The maximum atomic E-state index is 12.9. The minimum Gasteiger partial charge on any atom is -0.292 e. The number of benzene rings is 2. The lowest BCUT2D eigenvalue weighted by Gasteiger charge is -2.25. The Hall–Kier alpha value is -2.67. The zero-order valence-corrected chi connectivity index (χ0v) is 11.0. The van der Waals surface area contributed by atoms with Crippen molar-refractivity contribution >= 4 is 11.6 Å². The van der Waals surface area contributed by atoms with Gasteiger partial charge in [0.15, 0.2) is 0 Å². The lowest BCUT2D eigenvalue weighted by molar-refractivity contribution is 0.0983. The summed E-state index contributed by atoms with van der Waals surface area (Å²) in [5, 5.41) is 9.10. The van der Waals surface area contributed by atoms with E-state index in [4.69, 9.17) is 5.26 Å². The van der Waals surface area contributed by atoms with Crippen LogP contribution in [0.1, 0.15) is 17.3 Å². The summed E-state index contributed by atoms with van der Waals surface area (Å²) in [5.41, 5.74) is 0.980. The number of anilines is 1. The second kappa shape index (κ2) is 5.98. The minimum atomic E-state index is -0.616. The summed E-state index contributed by atoms with van der Waals surface area (Å²) in [7, 11) is 0. The quantitative estimate of drug-likeness (QED) is 0.856. The molecule has 0 aliphatic heterocycles. The SMILES string of the molecule is CC(C#N)N(C(=O)c1ccc(F)cc1)c1ccccc1. The van der Waals surface area contributed by atoms with Gasteiger partial charge in [0.2, 0.25) is 0 Å². The van der Waals surface area contributed by atoms with Crippen LogP contribution in [-0.4, -0.2) is 11.9 Å². The molecule has 0 fully saturated rings. The molecule has 20 heavy (non-hydrogen) atoms. The lowest BCUT2D eigenvalue weighted by Crippen LogP contribution is -2.38. The summed E-state index contributed by atoms with van der Waals surface area (Å²) in [6.07, 6.45) is 0. The Morgan fingerprint density at radius 3 is 2.30 bits per heavy atom. The largest absolute Gasteiger partial charge is 0.292 e. The number of hydrogen-bond acceptors (Lipinski definition) is 2. The van der Waals surface area contributed by atoms with Gasteiger partial charge in [-0.3, -0.25) is 9.69 Å². The second-order valence-corrected chi connectivity index (χ2v) is 4.32. The van der Waals surface area contributed by atoms with Crippen LogP contribution >= 0.6 is 0 Å². The van der Waals surface area contributed by atoms with Gasteiger partial charge in [-0.2, -0.15) is 5.26 Å². The summed E-state index contributed by atoms with van der Waals surface area (Å²) < 4.78 is 12.9. The molecule has 0 aliphatic carbocycles. The fourth-order valence-corrected chi connectivity index (χ4v) is 1.89. The maximum Gasteiger partial charge on any atom is 0.259 e. The maximum absolute atomic E-state index is 12.9. The van der Waals surface area contributed by atoms with E-state index in [9.17, 15) is 9.18 Å².